The van der Waals surface area contributed by atoms with E-state index >= 15 is 0 Å². The first kappa shape index (κ1) is 12.5. The first-order valence-electron chi connectivity index (χ1n) is 2.77. The summed E-state index contributed by atoms with van der Waals surface area (Å²) in [6.45, 7) is 1.72. The largest absolute Gasteiger partial charge is 0.465 e. The van der Waals surface area contributed by atoms with E-state index in [1.54, 1.807) is 6.92 Å². The number of aromatic nitrogens is 2. The molecule has 0 saturated heterocycles. The molecule has 0 bridgehead atoms. The lowest BCUT2D eigenvalue weighted by Gasteiger charge is -1.91. The molecular formula is C5H6I2N2O2S. The quantitative estimate of drug-likeness (QED) is 0.526. The molecule has 0 atom stereocenters. The maximum absolute atomic E-state index is 10.8. The van der Waals surface area contributed by atoms with Crippen LogP contribution in [0.2, 0.25) is 0 Å². The minimum atomic E-state index is -0.368. The topological polar surface area (TPSA) is 52.1 Å². The van der Waals surface area contributed by atoms with E-state index in [-0.39, 0.29) is 5.97 Å². The van der Waals surface area contributed by atoms with Gasteiger partial charge in [0.15, 0.2) is 4.88 Å². The molecule has 0 unspecified atom stereocenters. The predicted octanol–water partition coefficient (Wildman–Crippen LogP) is 2.40. The summed E-state index contributed by atoms with van der Waals surface area (Å²) in [5.41, 5.74) is 0.622. The molecule has 1 heterocycles. The Balaban J connectivity index is 0.000000561. The normalized spacial score (nSPS) is 8.33. The maximum Gasteiger partial charge on any atom is 0.351 e. The first-order chi connectivity index (χ1) is 5.75. The van der Waals surface area contributed by atoms with E-state index in [1.165, 1.54) is 7.11 Å². The molecule has 0 spiro atoms. The van der Waals surface area contributed by atoms with Gasteiger partial charge in [-0.25, -0.2) is 4.79 Å². The summed E-state index contributed by atoms with van der Waals surface area (Å²) in [5.74, 6) is -0.368. The Morgan fingerprint density at radius 2 is 2.17 bits per heavy atom. The summed E-state index contributed by atoms with van der Waals surface area (Å²) in [7, 11) is 1.33. The lowest BCUT2D eigenvalue weighted by molar-refractivity contribution is 0.0605. The Morgan fingerprint density at radius 3 is 2.50 bits per heavy atom. The van der Waals surface area contributed by atoms with Crippen molar-refractivity contribution in [2.75, 3.05) is 7.11 Å². The van der Waals surface area contributed by atoms with Crippen LogP contribution in [0.3, 0.4) is 0 Å². The van der Waals surface area contributed by atoms with Gasteiger partial charge in [0, 0.05) is 37.2 Å². The first-order valence-corrected chi connectivity index (χ1v) is 9.83. The fraction of sp³-hybridized carbons (Fsp3) is 0.400. The van der Waals surface area contributed by atoms with Gasteiger partial charge in [-0.3, -0.25) is 0 Å². The lowest BCUT2D eigenvalue weighted by Crippen LogP contribution is -1.99. The summed E-state index contributed by atoms with van der Waals surface area (Å²) in [6.07, 6.45) is 0. The van der Waals surface area contributed by atoms with Crippen LogP contribution in [0.4, 0.5) is 0 Å². The number of nitrogens with zero attached hydrogens (tertiary/aromatic N) is 2. The Kier molecular flexibility index (Phi) is 7.23. The van der Waals surface area contributed by atoms with Gasteiger partial charge in [-0.05, 0) is 18.5 Å². The number of hydrogen-bond acceptors (Lipinski definition) is 5. The molecule has 0 aliphatic rings. The lowest BCUT2D eigenvalue weighted by atomic mass is 10.4. The fourth-order valence-electron chi connectivity index (χ4n) is 0.512. The van der Waals surface area contributed by atoms with Crippen molar-refractivity contribution in [2.45, 2.75) is 6.92 Å². The SMILES string of the molecule is COC(=O)c1snnc1C.II. The standard InChI is InChI=1S/C5H6N2O2S.I2/c1-3-4(5(8)9-2)10-7-6-3;1-2/h1-2H3;. The predicted molar refractivity (Wildman–Crippen MR) is 64.0 cm³/mol. The van der Waals surface area contributed by atoms with Crippen LogP contribution in [-0.2, 0) is 4.74 Å². The zero-order chi connectivity index (χ0) is 9.56. The Morgan fingerprint density at radius 1 is 1.58 bits per heavy atom. The average molecular weight is 412 g/mol. The summed E-state index contributed by atoms with van der Waals surface area (Å²) in [6, 6.07) is 0. The molecule has 1 aromatic heterocycles. The maximum atomic E-state index is 10.8. The van der Waals surface area contributed by atoms with Crippen molar-refractivity contribution in [1.29, 1.82) is 0 Å². The number of rotatable bonds is 1. The number of aryl methyl sites for hydroxylation is 1. The third kappa shape index (κ3) is 3.47. The summed E-state index contributed by atoms with van der Waals surface area (Å²) in [4.78, 5) is 11.3. The molecule has 4 nitrogen and oxygen atoms in total. The number of ether oxygens (including phenoxy) is 1. The molecule has 0 aliphatic carbocycles. The Hall–Kier alpha value is 0.490. The smallest absolute Gasteiger partial charge is 0.351 e. The van der Waals surface area contributed by atoms with E-state index in [4.69, 9.17) is 0 Å². The molecule has 0 fully saturated rings. The van der Waals surface area contributed by atoms with Crippen LogP contribution in [0.15, 0.2) is 0 Å². The molecule has 0 radical (unpaired) electrons. The van der Waals surface area contributed by atoms with Crippen LogP contribution in [0.25, 0.3) is 0 Å². The van der Waals surface area contributed by atoms with Gasteiger partial charge in [0.25, 0.3) is 0 Å². The van der Waals surface area contributed by atoms with Crippen LogP contribution < -0.4 is 0 Å². The van der Waals surface area contributed by atoms with Gasteiger partial charge in [-0.2, -0.15) is 0 Å². The highest BCUT2D eigenvalue weighted by molar-refractivity contribution is 15.0. The van der Waals surface area contributed by atoms with Crippen molar-refractivity contribution in [3.63, 3.8) is 0 Å². The molecule has 0 N–H and O–H groups in total. The number of methoxy groups -OCH3 is 1. The van der Waals surface area contributed by atoms with Gasteiger partial charge in [0.2, 0.25) is 0 Å². The highest BCUT2D eigenvalue weighted by Gasteiger charge is 2.11. The van der Waals surface area contributed by atoms with Crippen molar-refractivity contribution >= 4 is 54.7 Å². The monoisotopic (exact) mass is 412 g/mol. The number of halogens is 2. The highest BCUT2D eigenvalue weighted by atomic mass is 128. The van der Waals surface area contributed by atoms with Crippen LogP contribution in [0.1, 0.15) is 15.4 Å². The van der Waals surface area contributed by atoms with Crippen molar-refractivity contribution in [1.82, 2.24) is 9.59 Å². The molecule has 1 rings (SSSR count). The Labute approximate surface area is 97.6 Å². The Bertz CT molecular complexity index is 253. The van der Waals surface area contributed by atoms with E-state index in [1.807, 2.05) is 0 Å². The van der Waals surface area contributed by atoms with Crippen LogP contribution >= 0.6 is 48.8 Å². The van der Waals surface area contributed by atoms with Gasteiger partial charge < -0.3 is 4.74 Å². The highest BCUT2D eigenvalue weighted by Crippen LogP contribution is 2.09. The fourth-order valence-corrected chi connectivity index (χ4v) is 1.09. The van der Waals surface area contributed by atoms with Crippen LogP contribution in [0.5, 0.6) is 0 Å². The summed E-state index contributed by atoms with van der Waals surface area (Å²) in [5, 5.41) is 3.65. The zero-order valence-corrected chi connectivity index (χ0v) is 11.5. The number of carbonyl (C=O) groups excluding carboxylic acids is 1. The van der Waals surface area contributed by atoms with E-state index in [2.05, 4.69) is 51.6 Å². The molecule has 12 heavy (non-hydrogen) atoms. The van der Waals surface area contributed by atoms with Gasteiger partial charge in [-0.15, -0.1) is 5.10 Å². The minimum absolute atomic E-state index is 0.368. The molecule has 1 aromatic rings. The van der Waals surface area contributed by atoms with Crippen molar-refractivity contribution < 1.29 is 9.53 Å². The van der Waals surface area contributed by atoms with Crippen LogP contribution in [0, 0.1) is 6.92 Å². The van der Waals surface area contributed by atoms with Gasteiger partial charge in [0.1, 0.15) is 0 Å². The molecule has 68 valence electrons. The third-order valence-electron chi connectivity index (χ3n) is 1.02. The second-order valence-electron chi connectivity index (χ2n) is 1.68. The average Bonchev–Trinajstić information content (AvgIpc) is 2.54. The molecule has 0 aliphatic heterocycles. The second kappa shape index (κ2) is 6.95. The number of hydrogen-bond donors (Lipinski definition) is 0. The zero-order valence-electron chi connectivity index (χ0n) is 6.38. The van der Waals surface area contributed by atoms with E-state index < -0.39 is 0 Å². The molecule has 7 heteroatoms. The van der Waals surface area contributed by atoms with Crippen LogP contribution in [-0.4, -0.2) is 22.7 Å². The van der Waals surface area contributed by atoms with Crippen molar-refractivity contribution in [3.05, 3.63) is 10.6 Å². The van der Waals surface area contributed by atoms with Crippen molar-refractivity contribution in [3.8, 4) is 0 Å². The molecular weight excluding hydrogens is 406 g/mol. The van der Waals surface area contributed by atoms with Gasteiger partial charge in [0.05, 0.1) is 12.8 Å². The third-order valence-corrected chi connectivity index (χ3v) is 1.83. The molecule has 0 aromatic carbocycles. The van der Waals surface area contributed by atoms with E-state index in [0.717, 1.165) is 11.5 Å². The summed E-state index contributed by atoms with van der Waals surface area (Å²) >= 11 is 5.29. The second-order valence-corrected chi connectivity index (χ2v) is 2.43. The summed E-state index contributed by atoms with van der Waals surface area (Å²) < 4.78 is 8.05. The molecule has 0 saturated carbocycles. The van der Waals surface area contributed by atoms with Crippen molar-refractivity contribution in [2.24, 2.45) is 0 Å². The van der Waals surface area contributed by atoms with E-state index in [0.29, 0.717) is 10.6 Å². The number of esters is 1. The van der Waals surface area contributed by atoms with Gasteiger partial charge in [-0.1, -0.05) is 4.49 Å². The van der Waals surface area contributed by atoms with Gasteiger partial charge >= 0.3 is 5.97 Å². The minimum Gasteiger partial charge on any atom is -0.465 e. The van der Waals surface area contributed by atoms with E-state index in [9.17, 15) is 4.79 Å². The molecule has 0 amide bonds. The number of carbonyl (C=O) groups is 1.